The van der Waals surface area contributed by atoms with Gasteiger partial charge >= 0.3 is 49.7 Å². The molecule has 0 aliphatic carbocycles. The Bertz CT molecular complexity index is 449. The molecule has 19 heavy (non-hydrogen) atoms. The van der Waals surface area contributed by atoms with Crippen LogP contribution in [0.15, 0.2) is 30.3 Å². The second kappa shape index (κ2) is 8.90. The molecule has 0 spiro atoms. The van der Waals surface area contributed by atoms with Crippen LogP contribution in [-0.2, 0) is 9.59 Å². The fourth-order valence-corrected chi connectivity index (χ4v) is 1.36. The molecule has 0 fully saturated rings. The van der Waals surface area contributed by atoms with Crippen molar-refractivity contribution in [2.45, 2.75) is 18.9 Å². The minimum absolute atomic E-state index is 0. The minimum atomic E-state index is -1.25. The van der Waals surface area contributed by atoms with Gasteiger partial charge in [0.15, 0.2) is 0 Å². The number of carbonyl (C=O) groups is 3. The first-order chi connectivity index (χ1) is 8.50. The molecule has 0 aromatic heterocycles. The number of benzene rings is 1. The molecular weight excluding hydrogens is 278 g/mol. The van der Waals surface area contributed by atoms with Gasteiger partial charge in [-0.3, -0.25) is 9.59 Å². The number of hydrogen-bond acceptors (Lipinski definition) is 3. The van der Waals surface area contributed by atoms with E-state index in [1.165, 1.54) is 0 Å². The molecule has 0 saturated heterocycles. The summed E-state index contributed by atoms with van der Waals surface area (Å²) >= 11 is 0. The van der Waals surface area contributed by atoms with Crippen molar-refractivity contribution >= 4 is 55.6 Å². The van der Waals surface area contributed by atoms with E-state index in [9.17, 15) is 14.4 Å². The van der Waals surface area contributed by atoms with Crippen LogP contribution < -0.4 is 5.32 Å². The molecule has 0 heterocycles. The zero-order chi connectivity index (χ0) is 13.5. The molecule has 0 aliphatic heterocycles. The van der Waals surface area contributed by atoms with Crippen molar-refractivity contribution in [1.29, 1.82) is 0 Å². The van der Waals surface area contributed by atoms with Crippen LogP contribution >= 0.6 is 0 Å². The van der Waals surface area contributed by atoms with Crippen LogP contribution in [0.5, 0.6) is 0 Å². The maximum absolute atomic E-state index is 11.7. The molecule has 3 N–H and O–H groups in total. The third kappa shape index (κ3) is 6.56. The van der Waals surface area contributed by atoms with E-state index >= 15 is 0 Å². The first kappa shape index (κ1) is 17.9. The number of amides is 1. The van der Waals surface area contributed by atoms with Crippen molar-refractivity contribution in [2.24, 2.45) is 0 Å². The Morgan fingerprint density at radius 1 is 1.11 bits per heavy atom. The van der Waals surface area contributed by atoms with Crippen molar-refractivity contribution in [3.05, 3.63) is 35.9 Å². The zero-order valence-corrected chi connectivity index (χ0v) is 9.50. The van der Waals surface area contributed by atoms with Crippen LogP contribution in [0.1, 0.15) is 23.2 Å². The number of nitrogens with one attached hydrogen (secondary N) is 1. The molecule has 7 heteroatoms. The average molecular weight is 293 g/mol. The van der Waals surface area contributed by atoms with Crippen LogP contribution in [0.2, 0.25) is 0 Å². The SMILES string of the molecule is O=C(O)CC[C@H](NC(=O)c1ccccc1)C(=O)O.[CaH2]. The predicted molar refractivity (Wildman–Crippen MR) is 70.7 cm³/mol. The summed E-state index contributed by atoms with van der Waals surface area (Å²) in [5.41, 5.74) is 0.332. The van der Waals surface area contributed by atoms with Crippen LogP contribution in [0.25, 0.3) is 0 Å². The molecule has 100 valence electrons. The molecule has 0 radical (unpaired) electrons. The third-order valence-corrected chi connectivity index (χ3v) is 2.29. The quantitative estimate of drug-likeness (QED) is 0.631. The fourth-order valence-electron chi connectivity index (χ4n) is 1.36. The van der Waals surface area contributed by atoms with E-state index in [4.69, 9.17) is 10.2 Å². The average Bonchev–Trinajstić information content (AvgIpc) is 2.34. The van der Waals surface area contributed by atoms with E-state index in [2.05, 4.69) is 5.32 Å². The molecule has 6 nitrogen and oxygen atoms in total. The van der Waals surface area contributed by atoms with Crippen LogP contribution in [0.3, 0.4) is 0 Å². The Morgan fingerprint density at radius 2 is 1.68 bits per heavy atom. The fraction of sp³-hybridized carbons (Fsp3) is 0.250. The number of aliphatic carboxylic acids is 2. The van der Waals surface area contributed by atoms with Gasteiger partial charge in [-0.05, 0) is 18.6 Å². The second-order valence-electron chi connectivity index (χ2n) is 3.66. The maximum atomic E-state index is 11.7. The van der Waals surface area contributed by atoms with Gasteiger partial charge in [-0.1, -0.05) is 18.2 Å². The molecule has 1 aromatic carbocycles. The molecule has 1 amide bonds. The summed E-state index contributed by atoms with van der Waals surface area (Å²) in [6, 6.07) is 6.94. The number of rotatable bonds is 6. The summed E-state index contributed by atoms with van der Waals surface area (Å²) in [4.78, 5) is 32.9. The van der Waals surface area contributed by atoms with Gasteiger partial charge in [0.25, 0.3) is 5.91 Å². The third-order valence-electron chi connectivity index (χ3n) is 2.29. The molecule has 1 atom stereocenters. The summed E-state index contributed by atoms with van der Waals surface area (Å²) in [5, 5.41) is 19.7. The Hall–Kier alpha value is -1.11. The van der Waals surface area contributed by atoms with Crippen molar-refractivity contribution in [2.75, 3.05) is 0 Å². The first-order valence-corrected chi connectivity index (χ1v) is 5.31. The van der Waals surface area contributed by atoms with E-state index in [-0.39, 0.29) is 50.6 Å². The molecule has 0 unspecified atom stereocenters. The monoisotopic (exact) mass is 293 g/mol. The van der Waals surface area contributed by atoms with Gasteiger partial charge in [-0.2, -0.15) is 0 Å². The Balaban J connectivity index is 0.00000324. The van der Waals surface area contributed by atoms with Gasteiger partial charge in [0.2, 0.25) is 0 Å². The van der Waals surface area contributed by atoms with Crippen molar-refractivity contribution in [3.8, 4) is 0 Å². The van der Waals surface area contributed by atoms with Gasteiger partial charge in [0.05, 0.1) is 0 Å². The summed E-state index contributed by atoms with van der Waals surface area (Å²) in [7, 11) is 0. The molecule has 0 saturated carbocycles. The topological polar surface area (TPSA) is 104 Å². The zero-order valence-electron chi connectivity index (χ0n) is 9.50. The van der Waals surface area contributed by atoms with E-state index in [0.717, 1.165) is 0 Å². The van der Waals surface area contributed by atoms with Gasteiger partial charge in [0.1, 0.15) is 6.04 Å². The van der Waals surface area contributed by atoms with E-state index in [1.807, 2.05) is 0 Å². The molecule has 0 aliphatic rings. The summed E-state index contributed by atoms with van der Waals surface area (Å²) < 4.78 is 0. The summed E-state index contributed by atoms with van der Waals surface area (Å²) in [5.74, 6) is -2.89. The van der Waals surface area contributed by atoms with Gasteiger partial charge < -0.3 is 15.5 Å². The van der Waals surface area contributed by atoms with E-state index in [0.29, 0.717) is 5.56 Å². The van der Waals surface area contributed by atoms with Gasteiger partial charge in [-0.15, -0.1) is 0 Å². The number of carboxylic acid groups (broad SMARTS) is 2. The Kier molecular flexibility index (Phi) is 8.38. The standard InChI is InChI=1S/C12H13NO5.Ca.2H/c14-10(15)7-6-9(12(17)18)13-11(16)8-4-2-1-3-5-8;;;/h1-5,9H,6-7H2,(H,13,16)(H,14,15)(H,17,18);;;/t9-;;;/m0.../s1. The number of carboxylic acids is 2. The van der Waals surface area contributed by atoms with Crippen molar-refractivity contribution in [1.82, 2.24) is 5.32 Å². The van der Waals surface area contributed by atoms with Gasteiger partial charge in [-0.25, -0.2) is 4.79 Å². The molecule has 1 aromatic rings. The summed E-state index contributed by atoms with van der Waals surface area (Å²) in [6.07, 6.45) is -0.463. The number of hydrogen-bond donors (Lipinski definition) is 3. The van der Waals surface area contributed by atoms with Crippen LogP contribution in [-0.4, -0.2) is 71.8 Å². The summed E-state index contributed by atoms with van der Waals surface area (Å²) in [6.45, 7) is 0. The Morgan fingerprint density at radius 3 is 2.16 bits per heavy atom. The number of carbonyl (C=O) groups excluding carboxylic acids is 1. The normalized spacial score (nSPS) is 10.9. The van der Waals surface area contributed by atoms with Crippen LogP contribution in [0, 0.1) is 0 Å². The first-order valence-electron chi connectivity index (χ1n) is 5.31. The molecule has 0 bridgehead atoms. The molecular formula is C12H15CaNO5. The second-order valence-corrected chi connectivity index (χ2v) is 3.66. The van der Waals surface area contributed by atoms with Crippen molar-refractivity contribution in [3.63, 3.8) is 0 Å². The predicted octanol–water partition coefficient (Wildman–Crippen LogP) is -0.182. The van der Waals surface area contributed by atoms with Gasteiger partial charge in [0, 0.05) is 12.0 Å². The van der Waals surface area contributed by atoms with E-state index in [1.54, 1.807) is 30.3 Å². The van der Waals surface area contributed by atoms with Crippen LogP contribution in [0.4, 0.5) is 0 Å². The molecule has 1 rings (SSSR count). The van der Waals surface area contributed by atoms with Crippen molar-refractivity contribution < 1.29 is 24.6 Å². The Labute approximate surface area is 139 Å². The van der Waals surface area contributed by atoms with E-state index < -0.39 is 23.9 Å².